The predicted octanol–water partition coefficient (Wildman–Crippen LogP) is 3.18. The third kappa shape index (κ3) is 14.2. The molecule has 13 heteroatoms. The Morgan fingerprint density at radius 1 is 0.860 bits per heavy atom. The number of ether oxygens (including phenoxy) is 2. The molecule has 0 heterocycles. The van der Waals surface area contributed by atoms with Crippen LogP contribution in [0.2, 0.25) is 0 Å². The summed E-state index contributed by atoms with van der Waals surface area (Å²) in [5.74, 6) is -2.06. The van der Waals surface area contributed by atoms with Crippen LogP contribution in [-0.2, 0) is 33.9 Å². The van der Waals surface area contributed by atoms with Crippen LogP contribution in [-0.4, -0.2) is 69.7 Å². The van der Waals surface area contributed by atoms with Gasteiger partial charge in [0.2, 0.25) is 21.8 Å². The molecule has 1 rings (SSSR count). The van der Waals surface area contributed by atoms with E-state index in [0.29, 0.717) is 19.3 Å². The number of sulfonamides is 1. The van der Waals surface area contributed by atoms with E-state index >= 15 is 0 Å². The zero-order chi connectivity index (χ0) is 33.0. The molecule has 12 nitrogen and oxygen atoms in total. The van der Waals surface area contributed by atoms with E-state index in [9.17, 15) is 27.6 Å². The quantitative estimate of drug-likeness (QED) is 0.160. The van der Waals surface area contributed by atoms with E-state index in [1.54, 1.807) is 46.8 Å². The van der Waals surface area contributed by atoms with Crippen LogP contribution >= 0.6 is 0 Å². The molecule has 0 saturated heterocycles. The number of aryl methyl sites for hydroxylation is 1. The lowest BCUT2D eigenvalue weighted by molar-refractivity contribution is -0.146. The summed E-state index contributed by atoms with van der Waals surface area (Å²) in [4.78, 5) is 51.6. The number of carbonyl (C=O) groups is 4. The lowest BCUT2D eigenvalue weighted by Gasteiger charge is -2.28. The molecule has 1 aromatic carbocycles. The van der Waals surface area contributed by atoms with Crippen molar-refractivity contribution in [2.75, 3.05) is 13.7 Å². The van der Waals surface area contributed by atoms with E-state index in [2.05, 4.69) is 20.7 Å². The van der Waals surface area contributed by atoms with Gasteiger partial charge in [0.25, 0.3) is 0 Å². The van der Waals surface area contributed by atoms with Gasteiger partial charge in [-0.25, -0.2) is 22.7 Å². The first-order valence-electron chi connectivity index (χ1n) is 14.6. The number of amides is 3. The fraction of sp³-hybridized carbons (Fsp3) is 0.667. The van der Waals surface area contributed by atoms with Crippen molar-refractivity contribution in [3.05, 3.63) is 29.8 Å². The molecule has 0 fully saturated rings. The average Bonchev–Trinajstić information content (AvgIpc) is 2.88. The molecule has 0 saturated carbocycles. The molecule has 0 aromatic heterocycles. The number of nitrogens with one attached hydrogen (secondary N) is 4. The van der Waals surface area contributed by atoms with Crippen LogP contribution in [0.4, 0.5) is 4.79 Å². The fourth-order valence-corrected chi connectivity index (χ4v) is 5.15. The Hall–Kier alpha value is -3.19. The molecule has 0 aliphatic rings. The second kappa shape index (κ2) is 17.2. The number of esters is 1. The average molecular weight is 627 g/mol. The molecule has 43 heavy (non-hydrogen) atoms. The van der Waals surface area contributed by atoms with Gasteiger partial charge in [0, 0.05) is 6.54 Å². The number of benzene rings is 1. The molecular formula is C30H50N4O8S. The second-order valence-corrected chi connectivity index (χ2v) is 14.1. The number of rotatable bonds is 16. The first-order valence-corrected chi connectivity index (χ1v) is 16.1. The number of carbonyl (C=O) groups excluding carboxylic acids is 4. The van der Waals surface area contributed by atoms with Gasteiger partial charge in [-0.2, -0.15) is 0 Å². The second-order valence-electron chi connectivity index (χ2n) is 12.3. The van der Waals surface area contributed by atoms with Crippen LogP contribution in [0.15, 0.2) is 29.2 Å². The fourth-order valence-electron chi connectivity index (χ4n) is 4.08. The molecule has 1 aromatic rings. The minimum Gasteiger partial charge on any atom is -0.467 e. The summed E-state index contributed by atoms with van der Waals surface area (Å²) in [6.45, 7) is 14.4. The molecule has 3 amide bonds. The van der Waals surface area contributed by atoms with Gasteiger partial charge in [-0.3, -0.25) is 9.59 Å². The number of hydrogen-bond donors (Lipinski definition) is 4. The van der Waals surface area contributed by atoms with Gasteiger partial charge in [0.05, 0.1) is 12.0 Å². The van der Waals surface area contributed by atoms with Crippen LogP contribution in [0, 0.1) is 18.8 Å². The maximum absolute atomic E-state index is 13.4. The standard InChI is InChI=1S/C30H50N4O8S/c1-19(2)18-24(28(37)41-9)33-26(35)23(32-27(36)25(20(3)4)34-29(38)42-30(6,7)8)12-10-11-17-31-43(39,40)22-15-13-21(5)14-16-22/h13-16,19-20,23-25,31H,10-12,17-18H2,1-9H3,(H,32,36)(H,33,35)(H,34,38)/t23-,24-,25-/m0/s1. The van der Waals surface area contributed by atoms with Gasteiger partial charge in [-0.1, -0.05) is 45.4 Å². The van der Waals surface area contributed by atoms with Crippen LogP contribution in [0.25, 0.3) is 0 Å². The third-order valence-corrected chi connectivity index (χ3v) is 7.78. The molecule has 0 aliphatic carbocycles. The molecule has 4 N–H and O–H groups in total. The van der Waals surface area contributed by atoms with Crippen molar-refractivity contribution in [2.24, 2.45) is 11.8 Å². The molecule has 0 aliphatic heterocycles. The summed E-state index contributed by atoms with van der Waals surface area (Å²) >= 11 is 0. The monoisotopic (exact) mass is 626 g/mol. The smallest absolute Gasteiger partial charge is 0.408 e. The Morgan fingerprint density at radius 2 is 1.44 bits per heavy atom. The zero-order valence-corrected chi connectivity index (χ0v) is 27.7. The van der Waals surface area contributed by atoms with Gasteiger partial charge >= 0.3 is 12.1 Å². The molecule has 0 radical (unpaired) electrons. The van der Waals surface area contributed by atoms with E-state index in [1.165, 1.54) is 19.2 Å². The van der Waals surface area contributed by atoms with Crippen LogP contribution in [0.3, 0.4) is 0 Å². The normalized spacial score (nSPS) is 14.0. The minimum absolute atomic E-state index is 0.0716. The van der Waals surface area contributed by atoms with Gasteiger partial charge in [-0.05, 0) is 77.3 Å². The van der Waals surface area contributed by atoms with E-state index in [1.807, 2.05) is 20.8 Å². The lowest BCUT2D eigenvalue weighted by atomic mass is 10.0. The largest absolute Gasteiger partial charge is 0.467 e. The molecule has 0 unspecified atom stereocenters. The Balaban J connectivity index is 3.01. The number of methoxy groups -OCH3 is 1. The summed E-state index contributed by atoms with van der Waals surface area (Å²) in [7, 11) is -2.47. The Labute approximate surface area is 256 Å². The summed E-state index contributed by atoms with van der Waals surface area (Å²) in [5.41, 5.74) is 0.166. The van der Waals surface area contributed by atoms with E-state index in [-0.39, 0.29) is 29.7 Å². The maximum atomic E-state index is 13.4. The van der Waals surface area contributed by atoms with Gasteiger partial charge < -0.3 is 25.4 Å². The van der Waals surface area contributed by atoms with E-state index in [4.69, 9.17) is 9.47 Å². The third-order valence-electron chi connectivity index (χ3n) is 6.31. The van der Waals surface area contributed by atoms with E-state index in [0.717, 1.165) is 5.56 Å². The van der Waals surface area contributed by atoms with Gasteiger partial charge in [0.15, 0.2) is 0 Å². The highest BCUT2D eigenvalue weighted by Gasteiger charge is 2.32. The van der Waals surface area contributed by atoms with Crippen molar-refractivity contribution >= 4 is 33.9 Å². The molecular weight excluding hydrogens is 576 g/mol. The highest BCUT2D eigenvalue weighted by atomic mass is 32.2. The topological polar surface area (TPSA) is 169 Å². The van der Waals surface area contributed by atoms with E-state index < -0.39 is 57.6 Å². The van der Waals surface area contributed by atoms with Crippen LogP contribution < -0.4 is 20.7 Å². The molecule has 0 spiro atoms. The van der Waals surface area contributed by atoms with Crippen molar-refractivity contribution in [1.29, 1.82) is 0 Å². The molecule has 3 atom stereocenters. The van der Waals surface area contributed by atoms with Crippen LogP contribution in [0.5, 0.6) is 0 Å². The SMILES string of the molecule is COC(=O)[C@H](CC(C)C)NC(=O)[C@H](CCCCNS(=O)(=O)c1ccc(C)cc1)NC(=O)[C@@H](NC(=O)OC(C)(C)C)C(C)C. The first kappa shape index (κ1) is 37.8. The summed E-state index contributed by atoms with van der Waals surface area (Å²) in [5, 5.41) is 7.96. The Morgan fingerprint density at radius 3 is 1.95 bits per heavy atom. The lowest BCUT2D eigenvalue weighted by Crippen LogP contribution is -2.57. The Kier molecular flexibility index (Phi) is 15.1. The van der Waals surface area contributed by atoms with Crippen LogP contribution in [0.1, 0.15) is 79.7 Å². The number of hydrogen-bond acceptors (Lipinski definition) is 8. The van der Waals surface area contributed by atoms with Gasteiger partial charge in [-0.15, -0.1) is 0 Å². The van der Waals surface area contributed by atoms with Crippen molar-refractivity contribution < 1.29 is 37.1 Å². The summed E-state index contributed by atoms with van der Waals surface area (Å²) < 4.78 is 37.9. The first-order chi connectivity index (χ1) is 19.9. The van der Waals surface area contributed by atoms with Crippen molar-refractivity contribution in [2.45, 2.75) is 110 Å². The van der Waals surface area contributed by atoms with Gasteiger partial charge in [0.1, 0.15) is 23.7 Å². The van der Waals surface area contributed by atoms with Crippen molar-refractivity contribution in [3.63, 3.8) is 0 Å². The zero-order valence-electron chi connectivity index (χ0n) is 26.9. The summed E-state index contributed by atoms with van der Waals surface area (Å²) in [6, 6.07) is 3.49. The Bertz CT molecular complexity index is 1180. The predicted molar refractivity (Wildman–Crippen MR) is 164 cm³/mol. The highest BCUT2D eigenvalue weighted by molar-refractivity contribution is 7.89. The van der Waals surface area contributed by atoms with Crippen molar-refractivity contribution in [1.82, 2.24) is 20.7 Å². The molecule has 244 valence electrons. The number of alkyl carbamates (subject to hydrolysis) is 1. The molecule has 0 bridgehead atoms. The summed E-state index contributed by atoms with van der Waals surface area (Å²) in [6.07, 6.45) is 0.450. The van der Waals surface area contributed by atoms with Crippen molar-refractivity contribution in [3.8, 4) is 0 Å². The maximum Gasteiger partial charge on any atom is 0.408 e. The number of unbranched alkanes of at least 4 members (excludes halogenated alkanes) is 1. The highest BCUT2D eigenvalue weighted by Crippen LogP contribution is 2.13. The minimum atomic E-state index is -3.70.